The van der Waals surface area contributed by atoms with E-state index in [0.717, 1.165) is 37.2 Å². The predicted octanol–water partition coefficient (Wildman–Crippen LogP) is 2.84. The molecule has 1 aliphatic rings. The monoisotopic (exact) mass is 383 g/mol. The first-order chi connectivity index (χ1) is 12.8. The van der Waals surface area contributed by atoms with Crippen LogP contribution in [0.2, 0.25) is 0 Å². The molecule has 7 heteroatoms. The maximum absolute atomic E-state index is 12.7. The summed E-state index contributed by atoms with van der Waals surface area (Å²) in [4.78, 5) is 17.2. The Morgan fingerprint density at radius 3 is 2.44 bits per heavy atom. The lowest BCUT2D eigenvalue weighted by Crippen LogP contribution is -2.45. The average Bonchev–Trinajstić information content (AvgIpc) is 3.16. The van der Waals surface area contributed by atoms with E-state index in [-0.39, 0.29) is 30.2 Å². The van der Waals surface area contributed by atoms with Crippen molar-refractivity contribution < 1.29 is 4.79 Å². The van der Waals surface area contributed by atoms with Crippen LogP contribution >= 0.6 is 12.4 Å². The lowest BCUT2D eigenvalue weighted by molar-refractivity contribution is 0.0920. The smallest absolute Gasteiger partial charge is 0.291 e. The number of halogens is 1. The normalized spacial score (nSPS) is 16.4. The molecule has 6 nitrogen and oxygen atoms in total. The van der Waals surface area contributed by atoms with Gasteiger partial charge in [-0.2, -0.15) is 0 Å². The van der Waals surface area contributed by atoms with Crippen molar-refractivity contribution in [2.45, 2.75) is 18.9 Å². The van der Waals surface area contributed by atoms with Crippen LogP contribution in [-0.2, 0) is 0 Å². The van der Waals surface area contributed by atoms with Crippen LogP contribution in [0.4, 0.5) is 0 Å². The number of nitrogens with zero attached hydrogens (tertiary/aromatic N) is 3. The standard InChI is InChI=1S/C20H21N5O.ClH/c26-20(22-16-10-7-13-21-14-16)18-23-19(15-8-3-1-4-9-15)25(24-18)17-11-5-2-6-12-17;/h1-6,8-9,11-12,16,21H,7,10,13-14H2,(H,22,26);1H/t16-;/m0./s1. The van der Waals surface area contributed by atoms with E-state index in [4.69, 9.17) is 0 Å². The summed E-state index contributed by atoms with van der Waals surface area (Å²) in [6.45, 7) is 1.79. The van der Waals surface area contributed by atoms with E-state index in [0.29, 0.717) is 5.82 Å². The van der Waals surface area contributed by atoms with Gasteiger partial charge in [-0.25, -0.2) is 9.67 Å². The van der Waals surface area contributed by atoms with Crippen LogP contribution < -0.4 is 10.6 Å². The van der Waals surface area contributed by atoms with Crippen LogP contribution in [0.1, 0.15) is 23.5 Å². The Bertz CT molecular complexity index is 819. The summed E-state index contributed by atoms with van der Waals surface area (Å²) in [5, 5.41) is 10.8. The third-order valence-electron chi connectivity index (χ3n) is 4.48. The first-order valence-corrected chi connectivity index (χ1v) is 8.91. The summed E-state index contributed by atoms with van der Waals surface area (Å²) in [6.07, 6.45) is 2.04. The number of hydrogen-bond donors (Lipinski definition) is 2. The Hall–Kier alpha value is -2.70. The van der Waals surface area contributed by atoms with Crippen molar-refractivity contribution >= 4 is 18.3 Å². The minimum atomic E-state index is -0.231. The van der Waals surface area contributed by atoms with Crippen molar-refractivity contribution in [2.75, 3.05) is 13.1 Å². The zero-order chi connectivity index (χ0) is 17.8. The van der Waals surface area contributed by atoms with Crippen molar-refractivity contribution in [3.8, 4) is 17.1 Å². The second-order valence-electron chi connectivity index (χ2n) is 6.39. The molecule has 3 aromatic rings. The van der Waals surface area contributed by atoms with Gasteiger partial charge in [-0.15, -0.1) is 17.5 Å². The molecule has 27 heavy (non-hydrogen) atoms. The number of aromatic nitrogens is 3. The van der Waals surface area contributed by atoms with Gasteiger partial charge in [-0.05, 0) is 31.5 Å². The van der Waals surface area contributed by atoms with Crippen molar-refractivity contribution in [1.82, 2.24) is 25.4 Å². The van der Waals surface area contributed by atoms with Gasteiger partial charge in [0.05, 0.1) is 5.69 Å². The van der Waals surface area contributed by atoms with Gasteiger partial charge >= 0.3 is 0 Å². The Morgan fingerprint density at radius 2 is 1.78 bits per heavy atom. The summed E-state index contributed by atoms with van der Waals surface area (Å²) in [6, 6.07) is 19.7. The fourth-order valence-corrected chi connectivity index (χ4v) is 3.16. The Morgan fingerprint density at radius 1 is 1.07 bits per heavy atom. The number of para-hydroxylation sites is 1. The van der Waals surface area contributed by atoms with Crippen molar-refractivity contribution in [2.24, 2.45) is 0 Å². The maximum atomic E-state index is 12.7. The summed E-state index contributed by atoms with van der Waals surface area (Å²) < 4.78 is 1.73. The molecule has 4 rings (SSSR count). The van der Waals surface area contributed by atoms with Gasteiger partial charge in [0.2, 0.25) is 5.82 Å². The second-order valence-corrected chi connectivity index (χ2v) is 6.39. The zero-order valence-electron chi connectivity index (χ0n) is 14.8. The molecular weight excluding hydrogens is 362 g/mol. The number of nitrogens with one attached hydrogen (secondary N) is 2. The first kappa shape index (κ1) is 19.1. The molecule has 0 aliphatic carbocycles. The van der Waals surface area contributed by atoms with E-state index in [9.17, 15) is 4.79 Å². The number of hydrogen-bond acceptors (Lipinski definition) is 4. The van der Waals surface area contributed by atoms with E-state index < -0.39 is 0 Å². The quantitative estimate of drug-likeness (QED) is 0.726. The molecule has 0 saturated carbocycles. The van der Waals surface area contributed by atoms with Gasteiger partial charge in [0.25, 0.3) is 5.91 Å². The molecule has 1 aliphatic heterocycles. The molecule has 0 spiro atoms. The molecule has 0 radical (unpaired) electrons. The molecule has 2 aromatic carbocycles. The van der Waals surface area contributed by atoms with Crippen molar-refractivity contribution in [1.29, 1.82) is 0 Å². The highest BCUT2D eigenvalue weighted by atomic mass is 35.5. The molecule has 1 atom stereocenters. The Labute approximate surface area is 164 Å². The Kier molecular flexibility index (Phi) is 6.21. The fraction of sp³-hybridized carbons (Fsp3) is 0.250. The number of piperidine rings is 1. The minimum absolute atomic E-state index is 0. The number of benzene rings is 2. The predicted molar refractivity (Wildman–Crippen MR) is 107 cm³/mol. The summed E-state index contributed by atoms with van der Waals surface area (Å²) in [5.74, 6) is 0.618. The molecule has 1 saturated heterocycles. The molecule has 1 aromatic heterocycles. The van der Waals surface area contributed by atoms with E-state index in [2.05, 4.69) is 20.7 Å². The van der Waals surface area contributed by atoms with Gasteiger partial charge in [0, 0.05) is 18.2 Å². The first-order valence-electron chi connectivity index (χ1n) is 8.91. The third kappa shape index (κ3) is 4.35. The minimum Gasteiger partial charge on any atom is -0.345 e. The topological polar surface area (TPSA) is 71.8 Å². The van der Waals surface area contributed by atoms with E-state index in [1.54, 1.807) is 4.68 Å². The number of carbonyl (C=O) groups is 1. The number of carbonyl (C=O) groups excluding carboxylic acids is 1. The van der Waals surface area contributed by atoms with Crippen LogP contribution in [0.15, 0.2) is 60.7 Å². The average molecular weight is 384 g/mol. The Balaban J connectivity index is 0.00000210. The highest BCUT2D eigenvalue weighted by Gasteiger charge is 2.22. The van der Waals surface area contributed by atoms with E-state index >= 15 is 0 Å². The molecular formula is C20H22ClN5O. The largest absolute Gasteiger partial charge is 0.345 e. The molecule has 0 bridgehead atoms. The lowest BCUT2D eigenvalue weighted by atomic mass is 10.1. The van der Waals surface area contributed by atoms with Gasteiger partial charge in [-0.1, -0.05) is 48.5 Å². The van der Waals surface area contributed by atoms with Crippen LogP contribution in [-0.4, -0.2) is 39.8 Å². The van der Waals surface area contributed by atoms with Gasteiger partial charge < -0.3 is 10.6 Å². The van der Waals surface area contributed by atoms with Gasteiger partial charge in [0.1, 0.15) is 0 Å². The fourth-order valence-electron chi connectivity index (χ4n) is 3.16. The second kappa shape index (κ2) is 8.79. The maximum Gasteiger partial charge on any atom is 0.291 e. The van der Waals surface area contributed by atoms with Crippen LogP contribution in [0.25, 0.3) is 17.1 Å². The van der Waals surface area contributed by atoms with Crippen LogP contribution in [0.3, 0.4) is 0 Å². The van der Waals surface area contributed by atoms with Gasteiger partial charge in [0.15, 0.2) is 5.82 Å². The van der Waals surface area contributed by atoms with E-state index in [1.165, 1.54) is 0 Å². The third-order valence-corrected chi connectivity index (χ3v) is 4.48. The lowest BCUT2D eigenvalue weighted by Gasteiger charge is -2.23. The molecule has 2 heterocycles. The highest BCUT2D eigenvalue weighted by Crippen LogP contribution is 2.21. The summed E-state index contributed by atoms with van der Waals surface area (Å²) >= 11 is 0. The molecule has 2 N–H and O–H groups in total. The van der Waals surface area contributed by atoms with Crippen LogP contribution in [0.5, 0.6) is 0 Å². The number of rotatable bonds is 4. The van der Waals surface area contributed by atoms with Crippen molar-refractivity contribution in [3.63, 3.8) is 0 Å². The molecule has 1 amide bonds. The molecule has 1 fully saturated rings. The van der Waals surface area contributed by atoms with Gasteiger partial charge in [-0.3, -0.25) is 4.79 Å². The number of amides is 1. The van der Waals surface area contributed by atoms with Crippen molar-refractivity contribution in [3.05, 3.63) is 66.5 Å². The summed E-state index contributed by atoms with van der Waals surface area (Å²) in [5.41, 5.74) is 1.79. The molecule has 0 unspecified atom stereocenters. The molecule has 140 valence electrons. The summed E-state index contributed by atoms with van der Waals surface area (Å²) in [7, 11) is 0. The highest BCUT2D eigenvalue weighted by molar-refractivity contribution is 5.91. The van der Waals surface area contributed by atoms with Crippen LogP contribution in [0, 0.1) is 0 Å². The zero-order valence-corrected chi connectivity index (χ0v) is 15.7. The SMILES string of the molecule is Cl.O=C(N[C@H]1CCCNC1)c1nc(-c2ccccc2)n(-c2ccccc2)n1. The van der Waals surface area contributed by atoms with E-state index in [1.807, 2.05) is 60.7 Å².